The number of carbonyl (C=O) groups is 1. The van der Waals surface area contributed by atoms with Crippen LogP contribution in [0, 0.1) is 6.92 Å². The van der Waals surface area contributed by atoms with E-state index in [-0.39, 0.29) is 11.9 Å². The lowest BCUT2D eigenvalue weighted by Crippen LogP contribution is -2.52. The molecule has 0 aliphatic carbocycles. The van der Waals surface area contributed by atoms with Crippen molar-refractivity contribution < 1.29 is 9.53 Å². The molecule has 0 spiro atoms. The lowest BCUT2D eigenvalue weighted by atomic mass is 9.80. The second-order valence-electron chi connectivity index (χ2n) is 7.96. The van der Waals surface area contributed by atoms with Crippen molar-refractivity contribution in [2.45, 2.75) is 38.3 Å². The van der Waals surface area contributed by atoms with Gasteiger partial charge in [-0.1, -0.05) is 61.0 Å². The first-order chi connectivity index (χ1) is 13.5. The highest BCUT2D eigenvalue weighted by molar-refractivity contribution is 6.03. The molecule has 3 rings (SSSR count). The smallest absolute Gasteiger partial charge is 0.183 e. The van der Waals surface area contributed by atoms with Gasteiger partial charge in [0.05, 0.1) is 18.2 Å². The summed E-state index contributed by atoms with van der Waals surface area (Å²) >= 11 is 0. The third kappa shape index (κ3) is 4.35. The molecule has 1 aliphatic heterocycles. The summed E-state index contributed by atoms with van der Waals surface area (Å²) in [5, 5.41) is 3.35. The summed E-state index contributed by atoms with van der Waals surface area (Å²) in [7, 11) is 4.01. The topological polar surface area (TPSA) is 41.6 Å². The summed E-state index contributed by atoms with van der Waals surface area (Å²) in [6, 6.07) is 16.5. The van der Waals surface area contributed by atoms with Gasteiger partial charge in [-0.2, -0.15) is 0 Å². The lowest BCUT2D eigenvalue weighted by Gasteiger charge is -2.38. The standard InChI is InChI=1S/C24H32N2O2/c1-5-24(26(3)4,16-19-8-6-18(2)7-9-19)23(27)21-12-10-20(11-13-21)22-17-25-14-15-28-22/h6-13,22,25H,5,14-17H2,1-4H3. The fourth-order valence-electron chi connectivity index (χ4n) is 3.98. The van der Waals surface area contributed by atoms with Crippen molar-refractivity contribution in [3.05, 3.63) is 70.8 Å². The maximum Gasteiger partial charge on any atom is 0.183 e. The molecule has 0 saturated carbocycles. The van der Waals surface area contributed by atoms with Crippen molar-refractivity contribution in [3.8, 4) is 0 Å². The zero-order valence-electron chi connectivity index (χ0n) is 17.5. The van der Waals surface area contributed by atoms with Crippen LogP contribution in [0.15, 0.2) is 48.5 Å². The molecule has 1 saturated heterocycles. The van der Waals surface area contributed by atoms with Gasteiger partial charge in [0.1, 0.15) is 0 Å². The molecule has 1 N–H and O–H groups in total. The second kappa shape index (κ2) is 8.99. The number of nitrogens with zero attached hydrogens (tertiary/aromatic N) is 1. The molecule has 4 heteroatoms. The Kier molecular flexibility index (Phi) is 6.65. The van der Waals surface area contributed by atoms with Crippen molar-refractivity contribution in [2.24, 2.45) is 0 Å². The predicted octanol–water partition coefficient (Wildman–Crippen LogP) is 3.79. The van der Waals surface area contributed by atoms with Crippen LogP contribution in [0.1, 0.15) is 46.5 Å². The molecule has 0 amide bonds. The number of morpholine rings is 1. The van der Waals surface area contributed by atoms with Crippen molar-refractivity contribution in [1.82, 2.24) is 10.2 Å². The molecule has 2 unspecified atom stereocenters. The van der Waals surface area contributed by atoms with E-state index in [0.29, 0.717) is 6.42 Å². The summed E-state index contributed by atoms with van der Waals surface area (Å²) in [6.45, 7) is 6.62. The van der Waals surface area contributed by atoms with Gasteiger partial charge in [-0.05, 0) is 45.0 Å². The predicted molar refractivity (Wildman–Crippen MR) is 114 cm³/mol. The van der Waals surface area contributed by atoms with Crippen molar-refractivity contribution in [2.75, 3.05) is 33.8 Å². The molecular formula is C24H32N2O2. The molecule has 1 aliphatic rings. The van der Waals surface area contributed by atoms with E-state index >= 15 is 0 Å². The molecule has 0 aromatic heterocycles. The molecule has 1 fully saturated rings. The Morgan fingerprint density at radius 1 is 1.14 bits per heavy atom. The number of hydrogen-bond donors (Lipinski definition) is 1. The Morgan fingerprint density at radius 3 is 2.36 bits per heavy atom. The Balaban J connectivity index is 1.85. The lowest BCUT2D eigenvalue weighted by molar-refractivity contribution is 0.0277. The maximum absolute atomic E-state index is 13.6. The molecule has 0 radical (unpaired) electrons. The van der Waals surface area contributed by atoms with Gasteiger partial charge in [0.15, 0.2) is 5.78 Å². The number of hydrogen-bond acceptors (Lipinski definition) is 4. The van der Waals surface area contributed by atoms with Crippen molar-refractivity contribution in [1.29, 1.82) is 0 Å². The molecule has 2 aromatic rings. The Labute approximate surface area is 168 Å². The quantitative estimate of drug-likeness (QED) is 0.742. The van der Waals surface area contributed by atoms with Gasteiger partial charge in [0.25, 0.3) is 0 Å². The number of aryl methyl sites for hydroxylation is 1. The van der Waals surface area contributed by atoms with Gasteiger partial charge in [0, 0.05) is 18.7 Å². The molecule has 28 heavy (non-hydrogen) atoms. The van der Waals surface area contributed by atoms with E-state index in [0.717, 1.165) is 37.2 Å². The highest BCUT2D eigenvalue weighted by Gasteiger charge is 2.39. The molecule has 4 nitrogen and oxygen atoms in total. The first-order valence-electron chi connectivity index (χ1n) is 10.2. The van der Waals surface area contributed by atoms with E-state index < -0.39 is 5.54 Å². The van der Waals surface area contributed by atoms with Gasteiger partial charge in [0.2, 0.25) is 0 Å². The van der Waals surface area contributed by atoms with E-state index in [1.165, 1.54) is 11.1 Å². The number of Topliss-reactive ketones (excluding diaryl/α,β-unsaturated/α-hetero) is 1. The summed E-state index contributed by atoms with van der Waals surface area (Å²) < 4.78 is 5.82. The van der Waals surface area contributed by atoms with Crippen molar-refractivity contribution >= 4 is 5.78 Å². The van der Waals surface area contributed by atoms with Crippen LogP contribution in [0.5, 0.6) is 0 Å². The van der Waals surface area contributed by atoms with Crippen LogP contribution in [0.3, 0.4) is 0 Å². The fourth-order valence-corrected chi connectivity index (χ4v) is 3.98. The summed E-state index contributed by atoms with van der Waals surface area (Å²) in [5.74, 6) is 0.176. The van der Waals surface area contributed by atoms with Gasteiger partial charge < -0.3 is 10.1 Å². The fraction of sp³-hybridized carbons (Fsp3) is 0.458. The number of carbonyl (C=O) groups excluding carboxylic acids is 1. The largest absolute Gasteiger partial charge is 0.371 e. The van der Waals surface area contributed by atoms with Crippen LogP contribution in [-0.4, -0.2) is 50.0 Å². The zero-order valence-corrected chi connectivity index (χ0v) is 17.5. The maximum atomic E-state index is 13.6. The third-order valence-corrected chi connectivity index (χ3v) is 5.95. The van der Waals surface area contributed by atoms with Crippen LogP contribution in [-0.2, 0) is 11.2 Å². The van der Waals surface area contributed by atoms with Gasteiger partial charge in [-0.15, -0.1) is 0 Å². The Hall–Kier alpha value is -2.01. The number of nitrogens with one attached hydrogen (secondary N) is 1. The molecule has 1 heterocycles. The average molecular weight is 381 g/mol. The van der Waals surface area contributed by atoms with E-state index in [2.05, 4.69) is 48.3 Å². The van der Waals surface area contributed by atoms with Gasteiger partial charge in [-0.25, -0.2) is 0 Å². The highest BCUT2D eigenvalue weighted by atomic mass is 16.5. The van der Waals surface area contributed by atoms with E-state index in [4.69, 9.17) is 4.74 Å². The van der Waals surface area contributed by atoms with Crippen LogP contribution in [0.4, 0.5) is 0 Å². The monoisotopic (exact) mass is 380 g/mol. The summed E-state index contributed by atoms with van der Waals surface area (Å²) in [4.78, 5) is 15.7. The summed E-state index contributed by atoms with van der Waals surface area (Å²) in [6.07, 6.45) is 1.52. The zero-order chi connectivity index (χ0) is 20.1. The Morgan fingerprint density at radius 2 is 1.82 bits per heavy atom. The first-order valence-corrected chi connectivity index (χ1v) is 10.2. The van der Waals surface area contributed by atoms with E-state index in [1.54, 1.807) is 0 Å². The Bertz CT molecular complexity index is 777. The SMILES string of the molecule is CCC(Cc1ccc(C)cc1)(C(=O)c1ccc(C2CNCCO2)cc1)N(C)C. The van der Waals surface area contributed by atoms with E-state index in [9.17, 15) is 4.79 Å². The third-order valence-electron chi connectivity index (χ3n) is 5.95. The number of likely N-dealkylation sites (N-methyl/N-ethyl adjacent to an activating group) is 1. The van der Waals surface area contributed by atoms with Crippen LogP contribution in [0.2, 0.25) is 0 Å². The molecule has 2 atom stereocenters. The number of ether oxygens (including phenoxy) is 1. The molecule has 0 bridgehead atoms. The van der Waals surface area contributed by atoms with Crippen LogP contribution >= 0.6 is 0 Å². The minimum absolute atomic E-state index is 0.0650. The normalized spacial score (nSPS) is 19.4. The average Bonchev–Trinajstić information content (AvgIpc) is 2.73. The highest BCUT2D eigenvalue weighted by Crippen LogP contribution is 2.29. The number of benzene rings is 2. The van der Waals surface area contributed by atoms with Crippen LogP contribution in [0.25, 0.3) is 0 Å². The van der Waals surface area contributed by atoms with Gasteiger partial charge in [-0.3, -0.25) is 9.69 Å². The molecular weight excluding hydrogens is 348 g/mol. The van der Waals surface area contributed by atoms with E-state index in [1.807, 2.05) is 38.4 Å². The van der Waals surface area contributed by atoms with Gasteiger partial charge >= 0.3 is 0 Å². The second-order valence-corrected chi connectivity index (χ2v) is 7.96. The number of ketones is 1. The molecule has 150 valence electrons. The minimum Gasteiger partial charge on any atom is -0.371 e. The molecule has 2 aromatic carbocycles. The van der Waals surface area contributed by atoms with Crippen LogP contribution < -0.4 is 5.32 Å². The first kappa shape index (κ1) is 20.7. The summed E-state index contributed by atoms with van der Waals surface area (Å²) in [5.41, 5.74) is 3.74. The minimum atomic E-state index is -0.556. The number of rotatable bonds is 7. The van der Waals surface area contributed by atoms with Crippen molar-refractivity contribution in [3.63, 3.8) is 0 Å².